The second-order valence-corrected chi connectivity index (χ2v) is 4.32. The molecule has 2 unspecified atom stereocenters. The minimum atomic E-state index is -1.16. The maximum absolute atomic E-state index is 10.1. The van der Waals surface area contributed by atoms with E-state index in [1.165, 1.54) is 0 Å². The summed E-state index contributed by atoms with van der Waals surface area (Å²) >= 11 is 11.8. The van der Waals surface area contributed by atoms with Crippen molar-refractivity contribution in [1.29, 1.82) is 0 Å². The fourth-order valence-corrected chi connectivity index (χ4v) is 1.63. The summed E-state index contributed by atoms with van der Waals surface area (Å²) in [5.74, 6) is 0. The summed E-state index contributed by atoms with van der Waals surface area (Å²) < 4.78 is 0. The van der Waals surface area contributed by atoms with Crippen LogP contribution in [0.1, 0.15) is 19.4 Å². The van der Waals surface area contributed by atoms with Crippen molar-refractivity contribution >= 4 is 23.2 Å². The molecule has 1 aromatic rings. The number of rotatable bonds is 2. The predicted octanol–water partition coefficient (Wildman–Crippen LogP) is 2.55. The topological polar surface area (TPSA) is 46.2 Å². The van der Waals surface area contributed by atoms with E-state index in [0.717, 1.165) is 0 Å². The van der Waals surface area contributed by atoms with Crippen molar-refractivity contribution in [3.63, 3.8) is 0 Å². The molecule has 0 radical (unpaired) electrons. The number of benzene rings is 1. The summed E-state index contributed by atoms with van der Waals surface area (Å²) in [7, 11) is 0. The van der Waals surface area contributed by atoms with Crippen molar-refractivity contribution in [3.8, 4) is 0 Å². The van der Waals surface area contributed by atoms with Crippen LogP contribution < -0.4 is 5.73 Å². The average Bonchev–Trinajstić information content (AvgIpc) is 2.09. The van der Waals surface area contributed by atoms with Gasteiger partial charge in [0.25, 0.3) is 0 Å². The van der Waals surface area contributed by atoms with Gasteiger partial charge in [0.2, 0.25) is 0 Å². The van der Waals surface area contributed by atoms with Crippen molar-refractivity contribution in [3.05, 3.63) is 33.8 Å². The highest BCUT2D eigenvalue weighted by Gasteiger charge is 2.30. The zero-order chi connectivity index (χ0) is 10.9. The van der Waals surface area contributed by atoms with Gasteiger partial charge in [-0.3, -0.25) is 0 Å². The predicted molar refractivity (Wildman–Crippen MR) is 59.7 cm³/mol. The monoisotopic (exact) mass is 233 g/mol. The van der Waals surface area contributed by atoms with Crippen LogP contribution in [-0.2, 0) is 5.60 Å². The van der Waals surface area contributed by atoms with Gasteiger partial charge >= 0.3 is 0 Å². The van der Waals surface area contributed by atoms with E-state index in [-0.39, 0.29) is 0 Å². The van der Waals surface area contributed by atoms with Crippen LogP contribution in [0.4, 0.5) is 0 Å². The van der Waals surface area contributed by atoms with E-state index in [1.807, 2.05) is 0 Å². The average molecular weight is 234 g/mol. The molecule has 78 valence electrons. The van der Waals surface area contributed by atoms with E-state index < -0.39 is 11.6 Å². The zero-order valence-corrected chi connectivity index (χ0v) is 9.60. The lowest BCUT2D eigenvalue weighted by Gasteiger charge is -2.29. The molecule has 0 saturated heterocycles. The molecule has 1 rings (SSSR count). The number of aliphatic hydroxyl groups is 1. The highest BCUT2D eigenvalue weighted by Crippen LogP contribution is 2.34. The summed E-state index contributed by atoms with van der Waals surface area (Å²) in [6.45, 7) is 3.34. The number of halogens is 2. The standard InChI is InChI=1S/C10H13Cl2NO/c1-6(13)10(2,14)7-4-3-5-8(11)9(7)12/h3-6,14H,13H2,1-2H3. The zero-order valence-electron chi connectivity index (χ0n) is 8.09. The lowest BCUT2D eigenvalue weighted by atomic mass is 9.90. The van der Waals surface area contributed by atoms with Gasteiger partial charge < -0.3 is 10.8 Å². The third-order valence-corrected chi connectivity index (χ3v) is 3.20. The van der Waals surface area contributed by atoms with E-state index in [1.54, 1.807) is 32.0 Å². The molecule has 0 aliphatic heterocycles. The number of hydrogen-bond acceptors (Lipinski definition) is 2. The molecule has 2 nitrogen and oxygen atoms in total. The SMILES string of the molecule is CC(N)C(C)(O)c1cccc(Cl)c1Cl. The third-order valence-electron chi connectivity index (χ3n) is 2.38. The third kappa shape index (κ3) is 2.04. The maximum Gasteiger partial charge on any atom is 0.103 e. The van der Waals surface area contributed by atoms with Crippen molar-refractivity contribution in [2.24, 2.45) is 5.73 Å². The molecule has 3 N–H and O–H groups in total. The second kappa shape index (κ2) is 4.07. The number of nitrogens with two attached hydrogens (primary N) is 1. The van der Waals surface area contributed by atoms with Gasteiger partial charge in [0.05, 0.1) is 10.0 Å². The molecule has 0 heterocycles. The van der Waals surface area contributed by atoms with Crippen molar-refractivity contribution in [2.45, 2.75) is 25.5 Å². The normalized spacial score (nSPS) is 17.6. The smallest absolute Gasteiger partial charge is 0.103 e. The summed E-state index contributed by atoms with van der Waals surface area (Å²) in [6, 6.07) is 4.71. The van der Waals surface area contributed by atoms with Crippen LogP contribution in [0.15, 0.2) is 18.2 Å². The van der Waals surface area contributed by atoms with Crippen LogP contribution in [0, 0.1) is 0 Å². The Hall–Kier alpha value is -0.280. The molecule has 1 aromatic carbocycles. The van der Waals surface area contributed by atoms with E-state index in [9.17, 15) is 5.11 Å². The van der Waals surface area contributed by atoms with Crippen LogP contribution >= 0.6 is 23.2 Å². The van der Waals surface area contributed by atoms with Crippen LogP contribution in [0.25, 0.3) is 0 Å². The fourth-order valence-electron chi connectivity index (χ4n) is 1.14. The van der Waals surface area contributed by atoms with E-state index in [4.69, 9.17) is 28.9 Å². The van der Waals surface area contributed by atoms with Crippen molar-refractivity contribution in [2.75, 3.05) is 0 Å². The molecule has 0 bridgehead atoms. The molecule has 0 aliphatic rings. The molecule has 14 heavy (non-hydrogen) atoms. The number of hydrogen-bond donors (Lipinski definition) is 2. The molecule has 0 spiro atoms. The Morgan fingerprint density at radius 2 is 2.00 bits per heavy atom. The van der Waals surface area contributed by atoms with E-state index in [0.29, 0.717) is 15.6 Å². The van der Waals surface area contributed by atoms with Gasteiger partial charge in [0.1, 0.15) is 5.60 Å². The first kappa shape index (κ1) is 11.8. The maximum atomic E-state index is 10.1. The Morgan fingerprint density at radius 1 is 1.43 bits per heavy atom. The summed E-state index contributed by atoms with van der Waals surface area (Å²) in [5, 5.41) is 10.9. The van der Waals surface area contributed by atoms with E-state index in [2.05, 4.69) is 0 Å². The van der Waals surface area contributed by atoms with Crippen molar-refractivity contribution in [1.82, 2.24) is 0 Å². The first-order valence-electron chi connectivity index (χ1n) is 4.29. The van der Waals surface area contributed by atoms with Crippen LogP contribution in [0.5, 0.6) is 0 Å². The lowest BCUT2D eigenvalue weighted by Crippen LogP contribution is -2.40. The van der Waals surface area contributed by atoms with Gasteiger partial charge in [-0.1, -0.05) is 35.3 Å². The van der Waals surface area contributed by atoms with Gasteiger partial charge in [-0.05, 0) is 19.9 Å². The molecular weight excluding hydrogens is 221 g/mol. The molecule has 0 aliphatic carbocycles. The Bertz CT molecular complexity index is 337. The minimum absolute atomic E-state index is 0.358. The van der Waals surface area contributed by atoms with Gasteiger partial charge in [0, 0.05) is 11.6 Å². The largest absolute Gasteiger partial charge is 0.384 e. The van der Waals surface area contributed by atoms with Gasteiger partial charge in [-0.2, -0.15) is 0 Å². The molecular formula is C10H13Cl2NO. The lowest BCUT2D eigenvalue weighted by molar-refractivity contribution is 0.0350. The Labute approximate surface area is 93.6 Å². The Balaban J connectivity index is 3.26. The van der Waals surface area contributed by atoms with Crippen molar-refractivity contribution < 1.29 is 5.11 Å². The van der Waals surface area contributed by atoms with Crippen LogP contribution in [0.2, 0.25) is 10.0 Å². The van der Waals surface area contributed by atoms with Gasteiger partial charge in [-0.25, -0.2) is 0 Å². The van der Waals surface area contributed by atoms with Crippen LogP contribution in [-0.4, -0.2) is 11.1 Å². The highest BCUT2D eigenvalue weighted by molar-refractivity contribution is 6.42. The second-order valence-electron chi connectivity index (χ2n) is 3.54. The molecule has 0 saturated carbocycles. The molecule has 0 fully saturated rings. The Kier molecular flexibility index (Phi) is 3.43. The first-order chi connectivity index (χ1) is 6.37. The summed E-state index contributed by atoms with van der Waals surface area (Å²) in [4.78, 5) is 0. The minimum Gasteiger partial charge on any atom is -0.384 e. The van der Waals surface area contributed by atoms with Gasteiger partial charge in [0.15, 0.2) is 0 Å². The van der Waals surface area contributed by atoms with Crippen LogP contribution in [0.3, 0.4) is 0 Å². The molecule has 0 amide bonds. The Morgan fingerprint density at radius 3 is 2.50 bits per heavy atom. The van der Waals surface area contributed by atoms with E-state index >= 15 is 0 Å². The molecule has 4 heteroatoms. The summed E-state index contributed by atoms with van der Waals surface area (Å²) in [5.41, 5.74) is 5.06. The molecule has 0 aromatic heterocycles. The summed E-state index contributed by atoms with van der Waals surface area (Å²) in [6.07, 6.45) is 0. The molecule has 2 atom stereocenters. The fraction of sp³-hybridized carbons (Fsp3) is 0.400. The first-order valence-corrected chi connectivity index (χ1v) is 5.05. The highest BCUT2D eigenvalue weighted by atomic mass is 35.5. The van der Waals surface area contributed by atoms with Gasteiger partial charge in [-0.15, -0.1) is 0 Å². The quantitative estimate of drug-likeness (QED) is 0.825.